The zero-order valence-corrected chi connectivity index (χ0v) is 7.29. The number of rotatable bonds is 1. The van der Waals surface area contributed by atoms with Crippen LogP contribution in [0.5, 0.6) is 0 Å². The van der Waals surface area contributed by atoms with Crippen LogP contribution in [0.2, 0.25) is 0 Å². The van der Waals surface area contributed by atoms with Crippen LogP contribution in [0.25, 0.3) is 0 Å². The zero-order valence-electron chi connectivity index (χ0n) is 7.29. The summed E-state index contributed by atoms with van der Waals surface area (Å²) in [5.74, 6) is 0. The molecule has 0 aromatic carbocycles. The van der Waals surface area contributed by atoms with E-state index in [1.165, 1.54) is 7.11 Å². The molecule has 1 rings (SSSR count). The summed E-state index contributed by atoms with van der Waals surface area (Å²) in [6.45, 7) is 0. The summed E-state index contributed by atoms with van der Waals surface area (Å²) in [6, 6.07) is 0.280. The molecule has 4 heteroatoms. The number of carbonyl (C=O) groups is 1. The van der Waals surface area contributed by atoms with Gasteiger partial charge in [-0.1, -0.05) is 0 Å². The van der Waals surface area contributed by atoms with E-state index in [-0.39, 0.29) is 12.1 Å². The number of hydrogen-bond donors (Lipinski definition) is 1. The second-order valence-electron chi connectivity index (χ2n) is 3.11. The van der Waals surface area contributed by atoms with Crippen LogP contribution in [0.1, 0.15) is 25.7 Å². The van der Waals surface area contributed by atoms with Crippen LogP contribution >= 0.6 is 0 Å². The summed E-state index contributed by atoms with van der Waals surface area (Å²) < 4.78 is 9.36. The van der Waals surface area contributed by atoms with E-state index in [0.29, 0.717) is 0 Å². The Labute approximate surface area is 72.0 Å². The van der Waals surface area contributed by atoms with Crippen LogP contribution < -0.4 is 5.73 Å². The Balaban J connectivity index is 2.21. The van der Waals surface area contributed by atoms with Crippen molar-refractivity contribution < 1.29 is 14.3 Å². The lowest BCUT2D eigenvalue weighted by atomic mass is 9.94. The van der Waals surface area contributed by atoms with E-state index < -0.39 is 6.16 Å². The summed E-state index contributed by atoms with van der Waals surface area (Å²) in [5.41, 5.74) is 5.69. The predicted molar refractivity (Wildman–Crippen MR) is 43.7 cm³/mol. The molecule has 4 nitrogen and oxygen atoms in total. The van der Waals surface area contributed by atoms with E-state index in [1.807, 2.05) is 0 Å². The van der Waals surface area contributed by atoms with E-state index in [9.17, 15) is 4.79 Å². The monoisotopic (exact) mass is 173 g/mol. The van der Waals surface area contributed by atoms with Gasteiger partial charge in [-0.3, -0.25) is 0 Å². The Morgan fingerprint density at radius 1 is 1.33 bits per heavy atom. The molecule has 0 aromatic rings. The van der Waals surface area contributed by atoms with Crippen LogP contribution in [0.3, 0.4) is 0 Å². The molecular weight excluding hydrogens is 158 g/mol. The third-order valence-electron chi connectivity index (χ3n) is 2.15. The largest absolute Gasteiger partial charge is 0.508 e. The minimum Gasteiger partial charge on any atom is -0.438 e. The van der Waals surface area contributed by atoms with Gasteiger partial charge in [-0.25, -0.2) is 4.79 Å². The van der Waals surface area contributed by atoms with Gasteiger partial charge < -0.3 is 15.2 Å². The topological polar surface area (TPSA) is 61.5 Å². The van der Waals surface area contributed by atoms with Gasteiger partial charge in [0, 0.05) is 6.04 Å². The molecule has 0 spiro atoms. The normalized spacial score (nSPS) is 29.5. The Kier molecular flexibility index (Phi) is 3.34. The minimum atomic E-state index is -0.588. The molecule has 0 aliphatic heterocycles. The van der Waals surface area contributed by atoms with Crippen LogP contribution in [0, 0.1) is 0 Å². The summed E-state index contributed by atoms with van der Waals surface area (Å²) in [6.07, 6.45) is 3.00. The summed E-state index contributed by atoms with van der Waals surface area (Å²) in [4.78, 5) is 10.7. The highest BCUT2D eigenvalue weighted by Crippen LogP contribution is 2.19. The summed E-state index contributed by atoms with van der Waals surface area (Å²) >= 11 is 0. The van der Waals surface area contributed by atoms with Gasteiger partial charge in [0.15, 0.2) is 0 Å². The standard InChI is InChI=1S/C8H15NO3/c1-11-8(10)12-7-4-2-6(9)3-5-7/h6-7H,2-5,9H2,1H3. The van der Waals surface area contributed by atoms with Gasteiger partial charge in [0.25, 0.3) is 0 Å². The molecule has 2 N–H and O–H groups in total. The highest BCUT2D eigenvalue weighted by Gasteiger charge is 2.21. The van der Waals surface area contributed by atoms with Crippen molar-refractivity contribution in [2.24, 2.45) is 5.73 Å². The average molecular weight is 173 g/mol. The van der Waals surface area contributed by atoms with Gasteiger partial charge in [-0.15, -0.1) is 0 Å². The van der Waals surface area contributed by atoms with Crippen molar-refractivity contribution in [3.8, 4) is 0 Å². The number of nitrogens with two attached hydrogens (primary N) is 1. The van der Waals surface area contributed by atoms with Crippen LogP contribution in [-0.4, -0.2) is 25.4 Å². The third-order valence-corrected chi connectivity index (χ3v) is 2.15. The van der Waals surface area contributed by atoms with E-state index >= 15 is 0 Å². The van der Waals surface area contributed by atoms with Crippen molar-refractivity contribution in [3.63, 3.8) is 0 Å². The average Bonchev–Trinajstić information content (AvgIpc) is 2.09. The molecule has 1 saturated carbocycles. The third kappa shape index (κ3) is 2.70. The Morgan fingerprint density at radius 3 is 2.42 bits per heavy atom. The molecule has 0 aromatic heterocycles. The van der Waals surface area contributed by atoms with E-state index in [4.69, 9.17) is 10.5 Å². The molecule has 0 unspecified atom stereocenters. The van der Waals surface area contributed by atoms with Crippen molar-refractivity contribution in [1.82, 2.24) is 0 Å². The molecule has 0 radical (unpaired) electrons. The molecule has 1 fully saturated rings. The Hall–Kier alpha value is -0.770. The van der Waals surface area contributed by atoms with E-state index in [0.717, 1.165) is 25.7 Å². The molecule has 12 heavy (non-hydrogen) atoms. The predicted octanol–water partition coefficient (Wildman–Crippen LogP) is 1.04. The van der Waals surface area contributed by atoms with Gasteiger partial charge in [0.05, 0.1) is 7.11 Å². The first-order valence-corrected chi connectivity index (χ1v) is 4.22. The first kappa shape index (κ1) is 9.32. The van der Waals surface area contributed by atoms with Crippen LogP contribution in [0.15, 0.2) is 0 Å². The molecule has 0 saturated heterocycles. The molecule has 70 valence electrons. The fourth-order valence-electron chi connectivity index (χ4n) is 1.39. The Morgan fingerprint density at radius 2 is 1.92 bits per heavy atom. The second-order valence-corrected chi connectivity index (χ2v) is 3.11. The molecule has 0 bridgehead atoms. The minimum absolute atomic E-state index is 0.0113. The maximum absolute atomic E-state index is 10.7. The molecule has 0 heterocycles. The molecule has 0 atom stereocenters. The quantitative estimate of drug-likeness (QED) is 0.602. The fourth-order valence-corrected chi connectivity index (χ4v) is 1.39. The van der Waals surface area contributed by atoms with Gasteiger partial charge in [0.1, 0.15) is 6.10 Å². The van der Waals surface area contributed by atoms with Crippen molar-refractivity contribution >= 4 is 6.16 Å². The van der Waals surface area contributed by atoms with Crippen molar-refractivity contribution in [1.29, 1.82) is 0 Å². The highest BCUT2D eigenvalue weighted by molar-refractivity contribution is 5.59. The molecule has 0 amide bonds. The van der Waals surface area contributed by atoms with Crippen molar-refractivity contribution in [3.05, 3.63) is 0 Å². The first-order chi connectivity index (χ1) is 5.72. The van der Waals surface area contributed by atoms with Gasteiger partial charge in [-0.2, -0.15) is 0 Å². The second kappa shape index (κ2) is 4.30. The summed E-state index contributed by atoms with van der Waals surface area (Å²) in [7, 11) is 1.32. The van der Waals surface area contributed by atoms with Gasteiger partial charge in [-0.05, 0) is 25.7 Å². The van der Waals surface area contributed by atoms with Crippen LogP contribution in [0.4, 0.5) is 4.79 Å². The molecule has 1 aliphatic carbocycles. The highest BCUT2D eigenvalue weighted by atomic mass is 16.7. The molecular formula is C8H15NO3. The number of ether oxygens (including phenoxy) is 2. The van der Waals surface area contributed by atoms with Crippen LogP contribution in [-0.2, 0) is 9.47 Å². The SMILES string of the molecule is COC(=O)OC1CCC(N)CC1. The zero-order chi connectivity index (χ0) is 8.97. The maximum Gasteiger partial charge on any atom is 0.508 e. The van der Waals surface area contributed by atoms with E-state index in [2.05, 4.69) is 4.74 Å². The Bertz CT molecular complexity index is 152. The van der Waals surface area contributed by atoms with E-state index in [1.54, 1.807) is 0 Å². The lowest BCUT2D eigenvalue weighted by Gasteiger charge is -2.25. The van der Waals surface area contributed by atoms with Crippen molar-refractivity contribution in [2.45, 2.75) is 37.8 Å². The number of carbonyl (C=O) groups excluding carboxylic acids is 1. The fraction of sp³-hybridized carbons (Fsp3) is 0.875. The maximum atomic E-state index is 10.7. The smallest absolute Gasteiger partial charge is 0.438 e. The number of methoxy groups -OCH3 is 1. The molecule has 1 aliphatic rings. The lowest BCUT2D eigenvalue weighted by Crippen LogP contribution is -2.31. The summed E-state index contributed by atoms with van der Waals surface area (Å²) in [5, 5.41) is 0. The van der Waals surface area contributed by atoms with Gasteiger partial charge in [0.2, 0.25) is 0 Å². The first-order valence-electron chi connectivity index (χ1n) is 4.22. The lowest BCUT2D eigenvalue weighted by molar-refractivity contribution is 0.0211. The van der Waals surface area contributed by atoms with Gasteiger partial charge >= 0.3 is 6.16 Å². The number of hydrogen-bond acceptors (Lipinski definition) is 4. The van der Waals surface area contributed by atoms with Crippen molar-refractivity contribution in [2.75, 3.05) is 7.11 Å².